The van der Waals surface area contributed by atoms with Gasteiger partial charge >= 0.3 is 0 Å². The van der Waals surface area contributed by atoms with E-state index >= 15 is 0 Å². The van der Waals surface area contributed by atoms with Crippen LogP contribution in [0, 0.1) is 29.8 Å². The molecule has 0 radical (unpaired) electrons. The van der Waals surface area contributed by atoms with Gasteiger partial charge in [-0.2, -0.15) is 40.2 Å². The maximum absolute atomic E-state index is 7.00. The molecule has 0 aromatic heterocycles. The first-order valence-corrected chi connectivity index (χ1v) is 0.500. The largest absolute Gasteiger partial charge is 0.412 e. The summed E-state index contributed by atoms with van der Waals surface area (Å²) in [7, 11) is 0. The molecule has 0 atom stereocenters. The summed E-state index contributed by atoms with van der Waals surface area (Å²) in [6.07, 6.45) is 0. The Labute approximate surface area is 140 Å². The molecule has 0 heterocycles. The zero-order valence-electron chi connectivity index (χ0n) is 12.8. The van der Waals surface area contributed by atoms with Gasteiger partial charge in [0.25, 0.3) is 0 Å². The molecule has 0 aromatic carbocycles. The van der Waals surface area contributed by atoms with Gasteiger partial charge in [-0.15, -0.1) is 0 Å². The zero-order valence-corrected chi connectivity index (χ0v) is 12.5. The number of hydrogen-bond donors (Lipinski definition) is 0. The molecule has 0 saturated carbocycles. The van der Waals surface area contributed by atoms with E-state index in [0.29, 0.717) is 0 Å². The van der Waals surface area contributed by atoms with Crippen molar-refractivity contribution in [3.8, 4) is 0 Å². The molecule has 24 N–H and O–H groups in total. The molecule has 21 heavy (non-hydrogen) atoms. The van der Waals surface area contributed by atoms with Gasteiger partial charge in [-0.25, -0.2) is 0 Å². The van der Waals surface area contributed by atoms with Crippen molar-refractivity contribution in [2.45, 2.75) is 0 Å². The Bertz CT molecular complexity index is 30.2. The van der Waals surface area contributed by atoms with E-state index in [1.165, 1.54) is 0 Å². The van der Waals surface area contributed by atoms with Crippen molar-refractivity contribution in [1.29, 1.82) is 3.37 Å². The van der Waals surface area contributed by atoms with Crippen LogP contribution in [0.15, 0.2) is 0 Å². The highest BCUT2D eigenvalue weighted by Crippen LogP contribution is 0.745. The molecule has 18 nitrogen and oxygen atoms in total. The van der Waals surface area contributed by atoms with Crippen LogP contribution in [-0.4, -0.2) is 69.1 Å². The summed E-state index contributed by atoms with van der Waals surface area (Å²) >= 11 is 8.33. The number of hydrogen-bond acceptors (Lipinski definition) is 6. The Morgan fingerprint density at radius 3 is 0.286 bits per heavy atom. The molecular formula is H30O18S3. The Hall–Kier alpha value is -0.630. The van der Waals surface area contributed by atoms with Crippen molar-refractivity contribution < 1.29 is 65.7 Å². The normalized spacial score (nSPS) is 1.57. The van der Waals surface area contributed by atoms with E-state index in [1.807, 2.05) is 0 Å². The second kappa shape index (κ2) is 16500. The van der Waals surface area contributed by atoms with E-state index in [1.54, 1.807) is 0 Å². The predicted molar refractivity (Wildman–Crippen MR) is 94.7 cm³/mol. The van der Waals surface area contributed by atoms with E-state index in [-0.39, 0.29) is 65.7 Å². The molecule has 0 saturated heterocycles. The third-order valence-electron chi connectivity index (χ3n) is 0. The first-order chi connectivity index (χ1) is 6.00. The lowest BCUT2D eigenvalue weighted by atomic mass is 15.3. The van der Waals surface area contributed by atoms with Gasteiger partial charge in [0.05, 0.1) is 3.37 Å². The smallest absolute Gasteiger partial charge is 0.0985 e. The van der Waals surface area contributed by atoms with Crippen molar-refractivity contribution in [2.24, 2.45) is 0 Å². The topological polar surface area (TPSA) is 480 Å². The van der Waals surface area contributed by atoms with Crippen LogP contribution in [0.4, 0.5) is 0 Å². The van der Waals surface area contributed by atoms with E-state index in [0.717, 1.165) is 0 Å². The lowest BCUT2D eigenvalue weighted by Gasteiger charge is -0.707. The first-order valence-electron chi connectivity index (χ1n) is 1.84. The second-order valence-electron chi connectivity index (χ2n) is 0. The number of rotatable bonds is 0. The quantitative estimate of drug-likeness (QED) is 0.365. The first kappa shape index (κ1) is 265. The van der Waals surface area contributed by atoms with Gasteiger partial charge in [0.1, 0.15) is 0 Å². The molecule has 0 aliphatic rings. The van der Waals surface area contributed by atoms with E-state index in [2.05, 4.69) is 40.2 Å². The van der Waals surface area contributed by atoms with Gasteiger partial charge in [0.15, 0.2) is 0 Å². The fraction of sp³-hybridized carbons (Fsp3) is 0. The van der Waals surface area contributed by atoms with Gasteiger partial charge < -0.3 is 65.7 Å². The van der Waals surface area contributed by atoms with Crippen LogP contribution < -0.4 is 0 Å². The minimum absolute atomic E-state index is 0. The van der Waals surface area contributed by atoms with Crippen molar-refractivity contribution >= 4 is 40.2 Å². The Kier molecular flexibility index (Phi) is 208000. The summed E-state index contributed by atoms with van der Waals surface area (Å²) in [5, 5.41) is 0. The fourth-order valence-corrected chi connectivity index (χ4v) is 0. The minimum atomic E-state index is 0. The average molecular weight is 420 g/mol. The highest BCUT2D eigenvalue weighted by atomic mass is 32.1. The van der Waals surface area contributed by atoms with E-state index in [4.69, 9.17) is 33.2 Å². The molecule has 0 aromatic rings. The summed E-state index contributed by atoms with van der Waals surface area (Å²) in [6, 6.07) is 0. The van der Waals surface area contributed by atoms with Gasteiger partial charge in [-0.3, -0.25) is 0 Å². The van der Waals surface area contributed by atoms with E-state index < -0.39 is 0 Å². The predicted octanol–water partition coefficient (Wildman–Crippen LogP) is -9.36. The van der Waals surface area contributed by atoms with Crippen LogP contribution in [0.25, 0.3) is 0 Å². The lowest BCUT2D eigenvalue weighted by molar-refractivity contribution is 0.823. The highest BCUT2D eigenvalue weighted by molar-refractivity contribution is 7.59. The summed E-state index contributed by atoms with van der Waals surface area (Å²) in [6.45, 7) is 0. The molecule has 0 spiro atoms. The molecule has 0 unspecified atom stereocenters. The Morgan fingerprint density at radius 2 is 0.286 bits per heavy atom. The van der Waals surface area contributed by atoms with E-state index in [9.17, 15) is 0 Å². The third-order valence-corrected chi connectivity index (χ3v) is 0. The van der Waals surface area contributed by atoms with Gasteiger partial charge in [-0.05, 0) is 0 Å². The van der Waals surface area contributed by atoms with Gasteiger partial charge in [0, 0.05) is 29.8 Å². The Morgan fingerprint density at radius 1 is 0.286 bits per heavy atom. The highest BCUT2D eigenvalue weighted by Gasteiger charge is 0.711. The molecular weight excluding hydrogens is 384 g/mol. The molecule has 0 amide bonds. The third kappa shape index (κ3) is 14700. The van der Waals surface area contributed by atoms with Crippen LogP contribution >= 0.6 is 40.2 Å². The summed E-state index contributed by atoms with van der Waals surface area (Å²) in [4.78, 5) is 42.0. The monoisotopic (exact) mass is 420 g/mol. The molecule has 0 bridgehead atoms. The summed E-state index contributed by atoms with van der Waals surface area (Å²) < 4.78 is 16.3. The summed E-state index contributed by atoms with van der Waals surface area (Å²) in [5.41, 5.74) is 0. The molecule has 0 fully saturated rings. The molecule has 156 valence electrons. The van der Waals surface area contributed by atoms with Crippen LogP contribution in [0.3, 0.4) is 0 Å². The molecule has 0 aliphatic carbocycles. The molecule has 0 rings (SSSR count). The van der Waals surface area contributed by atoms with Gasteiger partial charge in [0.2, 0.25) is 0 Å². The lowest BCUT2D eigenvalue weighted by Crippen LogP contribution is -0.674. The van der Waals surface area contributed by atoms with Crippen LogP contribution in [0.1, 0.15) is 0 Å². The van der Waals surface area contributed by atoms with Crippen LogP contribution in [-0.2, 0) is 0 Å². The van der Waals surface area contributed by atoms with Crippen molar-refractivity contribution in [2.75, 3.05) is 0 Å². The summed E-state index contributed by atoms with van der Waals surface area (Å²) in [5.74, 6) is 0. The van der Waals surface area contributed by atoms with Crippen molar-refractivity contribution in [1.82, 2.24) is 0 Å². The maximum atomic E-state index is 7.00. The zero-order chi connectivity index (χ0) is 12.0. The second-order valence-corrected chi connectivity index (χ2v) is 0. The fourth-order valence-electron chi connectivity index (χ4n) is 0. The van der Waals surface area contributed by atoms with Crippen LogP contribution in [0.5, 0.6) is 0 Å². The standard InChI is InChI=1S/3O2.12H2O.3H2S/c3*1-2;;;;;;;;;;;;;;;/h;;;15*1H2/i/hT3. The SMILES string of the molecule is O.O.O.O.O.O.O.O.O.O.O.O.O=O.O=O.O=O.[3H]S.[3H]S.[3H]S. The molecule has 21 heteroatoms. The minimum Gasteiger partial charge on any atom is -0.412 e. The average Bonchev–Trinajstić information content (AvgIpc) is 2.33. The molecule has 0 aliphatic heterocycles. The maximum Gasteiger partial charge on any atom is 0.0985 e. The van der Waals surface area contributed by atoms with Crippen LogP contribution in [0.2, 0.25) is 0 Å². The van der Waals surface area contributed by atoms with Gasteiger partial charge in [-0.1, -0.05) is 0 Å². The van der Waals surface area contributed by atoms with Crippen molar-refractivity contribution in [3.63, 3.8) is 0 Å². The Balaban J connectivity index is -0.00000000102. The van der Waals surface area contributed by atoms with Crippen molar-refractivity contribution in [3.05, 3.63) is 29.8 Å².